The Bertz CT molecular complexity index is 1440. The summed E-state index contributed by atoms with van der Waals surface area (Å²) in [6.45, 7) is 8.57. The first kappa shape index (κ1) is 25.7. The van der Waals surface area contributed by atoms with Crippen molar-refractivity contribution in [3.05, 3.63) is 59.9 Å². The Kier molecular flexibility index (Phi) is 7.31. The zero-order chi connectivity index (χ0) is 26.8. The first-order chi connectivity index (χ1) is 18.4. The van der Waals surface area contributed by atoms with Crippen LogP contribution in [0.1, 0.15) is 62.4 Å². The molecule has 0 radical (unpaired) electrons. The predicted molar refractivity (Wildman–Crippen MR) is 146 cm³/mol. The number of furan rings is 1. The fraction of sp³-hybridized carbons (Fsp3) is 0.400. The molecule has 198 valence electrons. The van der Waals surface area contributed by atoms with Crippen molar-refractivity contribution in [1.29, 1.82) is 0 Å². The van der Waals surface area contributed by atoms with Crippen LogP contribution in [0.4, 0.5) is 5.82 Å². The number of amides is 1. The molecule has 8 heteroatoms. The van der Waals surface area contributed by atoms with E-state index >= 15 is 0 Å². The molecule has 1 saturated carbocycles. The van der Waals surface area contributed by atoms with Gasteiger partial charge in [0, 0.05) is 36.5 Å². The Morgan fingerprint density at radius 1 is 1.11 bits per heavy atom. The zero-order valence-corrected chi connectivity index (χ0v) is 22.4. The first-order valence-corrected chi connectivity index (χ1v) is 13.4. The van der Waals surface area contributed by atoms with E-state index in [0.29, 0.717) is 18.3 Å². The number of ether oxygens (including phenoxy) is 1. The van der Waals surface area contributed by atoms with E-state index in [0.717, 1.165) is 59.4 Å². The molecule has 1 amide bonds. The number of hydrogen-bond acceptors (Lipinski definition) is 6. The van der Waals surface area contributed by atoms with E-state index in [4.69, 9.17) is 14.3 Å². The lowest BCUT2D eigenvalue weighted by Crippen LogP contribution is -2.38. The number of fused-ring (bicyclic) bond motifs is 1. The summed E-state index contributed by atoms with van der Waals surface area (Å²) in [4.78, 5) is 32.4. The molecule has 0 N–H and O–H groups in total. The lowest BCUT2D eigenvalue weighted by atomic mass is 9.82. The number of esters is 1. The SMILES string of the molecule is CCOC(=O)c1cn(-c2ccc(-c3cc4nccc(C)c4o3)cc2)nc1N(CC)C(=O)C1CCC(C)CC1. The Morgan fingerprint density at radius 3 is 2.50 bits per heavy atom. The monoisotopic (exact) mass is 514 g/mol. The molecule has 5 rings (SSSR count). The summed E-state index contributed by atoms with van der Waals surface area (Å²) in [5.74, 6) is 1.21. The average Bonchev–Trinajstić information content (AvgIpc) is 3.56. The minimum Gasteiger partial charge on any atom is -0.462 e. The quantitative estimate of drug-likeness (QED) is 0.267. The summed E-state index contributed by atoms with van der Waals surface area (Å²) in [6, 6.07) is 11.6. The maximum absolute atomic E-state index is 13.5. The van der Waals surface area contributed by atoms with Crippen molar-refractivity contribution in [3.63, 3.8) is 0 Å². The molecule has 0 unspecified atom stereocenters. The van der Waals surface area contributed by atoms with Gasteiger partial charge in [-0.1, -0.05) is 6.92 Å². The van der Waals surface area contributed by atoms with Gasteiger partial charge in [-0.2, -0.15) is 0 Å². The molecule has 38 heavy (non-hydrogen) atoms. The van der Waals surface area contributed by atoms with Gasteiger partial charge in [-0.15, -0.1) is 5.10 Å². The van der Waals surface area contributed by atoms with Gasteiger partial charge in [-0.25, -0.2) is 9.48 Å². The van der Waals surface area contributed by atoms with Gasteiger partial charge in [0.1, 0.15) is 16.8 Å². The second-order valence-electron chi connectivity index (χ2n) is 10.1. The number of pyridine rings is 1. The van der Waals surface area contributed by atoms with Gasteiger partial charge < -0.3 is 9.15 Å². The van der Waals surface area contributed by atoms with Crippen LogP contribution in [0.15, 0.2) is 53.2 Å². The van der Waals surface area contributed by atoms with Crippen molar-refractivity contribution >= 4 is 28.8 Å². The van der Waals surface area contributed by atoms with Crippen LogP contribution in [0.2, 0.25) is 0 Å². The number of anilines is 1. The molecular weight excluding hydrogens is 480 g/mol. The first-order valence-electron chi connectivity index (χ1n) is 13.4. The van der Waals surface area contributed by atoms with Crippen molar-refractivity contribution in [2.75, 3.05) is 18.1 Å². The predicted octanol–water partition coefficient (Wildman–Crippen LogP) is 6.34. The number of carbonyl (C=O) groups is 2. The van der Waals surface area contributed by atoms with Crippen LogP contribution in [-0.2, 0) is 9.53 Å². The Balaban J connectivity index is 1.46. The standard InChI is InChI=1S/C30H34N4O4/c1-5-33(29(35)22-9-7-19(3)8-10-22)28-24(30(36)37-6-2)18-34(32-28)23-13-11-21(12-14-23)26-17-25-27(38-26)20(4)15-16-31-25/h11-19,22H,5-10H2,1-4H3. The molecule has 0 bridgehead atoms. The maximum atomic E-state index is 13.5. The molecule has 1 fully saturated rings. The van der Waals surface area contributed by atoms with Gasteiger partial charge in [-0.05, 0) is 88.3 Å². The zero-order valence-electron chi connectivity index (χ0n) is 22.4. The lowest BCUT2D eigenvalue weighted by molar-refractivity contribution is -0.123. The number of aryl methyl sites for hydroxylation is 1. The summed E-state index contributed by atoms with van der Waals surface area (Å²) in [6.07, 6.45) is 7.24. The molecular formula is C30H34N4O4. The van der Waals surface area contributed by atoms with Gasteiger partial charge in [0.25, 0.3) is 0 Å². The van der Waals surface area contributed by atoms with Gasteiger partial charge in [-0.3, -0.25) is 14.7 Å². The second-order valence-corrected chi connectivity index (χ2v) is 10.1. The van der Waals surface area contributed by atoms with E-state index in [9.17, 15) is 9.59 Å². The van der Waals surface area contributed by atoms with E-state index in [1.54, 1.807) is 28.9 Å². The summed E-state index contributed by atoms with van der Waals surface area (Å²) < 4.78 is 13.0. The fourth-order valence-corrected chi connectivity index (χ4v) is 5.17. The molecule has 1 aliphatic rings. The molecule has 0 spiro atoms. The summed E-state index contributed by atoms with van der Waals surface area (Å²) in [7, 11) is 0. The lowest BCUT2D eigenvalue weighted by Gasteiger charge is -2.29. The van der Waals surface area contributed by atoms with Gasteiger partial charge in [0.15, 0.2) is 11.4 Å². The van der Waals surface area contributed by atoms with E-state index < -0.39 is 5.97 Å². The van der Waals surface area contributed by atoms with Crippen molar-refractivity contribution in [2.45, 2.75) is 53.4 Å². The smallest absolute Gasteiger partial charge is 0.343 e. The average molecular weight is 515 g/mol. The molecule has 0 aliphatic heterocycles. The van der Waals surface area contributed by atoms with Crippen LogP contribution in [0.3, 0.4) is 0 Å². The largest absolute Gasteiger partial charge is 0.462 e. The highest BCUT2D eigenvalue weighted by molar-refractivity contribution is 6.02. The number of aromatic nitrogens is 3. The van der Waals surface area contributed by atoms with Crippen LogP contribution in [0, 0.1) is 18.8 Å². The molecule has 4 aromatic rings. The maximum Gasteiger partial charge on any atom is 0.343 e. The van der Waals surface area contributed by atoms with Gasteiger partial charge >= 0.3 is 5.97 Å². The van der Waals surface area contributed by atoms with E-state index in [2.05, 4.69) is 11.9 Å². The van der Waals surface area contributed by atoms with Gasteiger partial charge in [0.2, 0.25) is 5.91 Å². The third kappa shape index (κ3) is 4.95. The summed E-state index contributed by atoms with van der Waals surface area (Å²) >= 11 is 0. The van der Waals surface area contributed by atoms with Crippen molar-refractivity contribution < 1.29 is 18.7 Å². The highest BCUT2D eigenvalue weighted by Gasteiger charge is 2.32. The number of rotatable bonds is 7. The summed E-state index contributed by atoms with van der Waals surface area (Å²) in [5, 5.41) is 4.72. The Labute approximate surface area is 222 Å². The van der Waals surface area contributed by atoms with Crippen molar-refractivity contribution in [2.24, 2.45) is 11.8 Å². The third-order valence-electron chi connectivity index (χ3n) is 7.42. The molecule has 0 saturated heterocycles. The minimum atomic E-state index is -0.487. The topological polar surface area (TPSA) is 90.5 Å². The van der Waals surface area contributed by atoms with E-state index in [1.807, 2.05) is 50.2 Å². The Morgan fingerprint density at radius 2 is 1.84 bits per heavy atom. The van der Waals surface area contributed by atoms with E-state index in [-0.39, 0.29) is 24.0 Å². The molecule has 3 aromatic heterocycles. The second kappa shape index (κ2) is 10.8. The third-order valence-corrected chi connectivity index (χ3v) is 7.42. The fourth-order valence-electron chi connectivity index (χ4n) is 5.17. The van der Waals surface area contributed by atoms with Crippen molar-refractivity contribution in [1.82, 2.24) is 14.8 Å². The minimum absolute atomic E-state index is 0.0272. The molecule has 8 nitrogen and oxygen atoms in total. The van der Waals surface area contributed by atoms with Gasteiger partial charge in [0.05, 0.1) is 12.3 Å². The van der Waals surface area contributed by atoms with Crippen LogP contribution in [0.5, 0.6) is 0 Å². The number of hydrogen-bond donors (Lipinski definition) is 0. The highest BCUT2D eigenvalue weighted by Crippen LogP contribution is 2.33. The van der Waals surface area contributed by atoms with Crippen LogP contribution >= 0.6 is 0 Å². The molecule has 1 aliphatic carbocycles. The highest BCUT2D eigenvalue weighted by atomic mass is 16.5. The van der Waals surface area contributed by atoms with Crippen LogP contribution in [-0.4, -0.2) is 39.8 Å². The van der Waals surface area contributed by atoms with Crippen LogP contribution < -0.4 is 4.90 Å². The van der Waals surface area contributed by atoms with Crippen LogP contribution in [0.25, 0.3) is 28.1 Å². The normalized spacial score (nSPS) is 17.5. The summed E-state index contributed by atoms with van der Waals surface area (Å²) in [5.41, 5.74) is 4.57. The molecule has 1 aromatic carbocycles. The number of benzene rings is 1. The number of carbonyl (C=O) groups excluding carboxylic acids is 2. The molecule has 0 atom stereocenters. The Hall–Kier alpha value is -3.94. The van der Waals surface area contributed by atoms with E-state index in [1.165, 1.54) is 0 Å². The number of nitrogens with zero attached hydrogens (tertiary/aromatic N) is 4. The van der Waals surface area contributed by atoms with Crippen molar-refractivity contribution in [3.8, 4) is 17.0 Å². The molecule has 3 heterocycles.